The third kappa shape index (κ3) is 4.89. The zero-order valence-electron chi connectivity index (χ0n) is 21.8. The second kappa shape index (κ2) is 10.7. The number of nitrogens with zero attached hydrogens (tertiary/aromatic N) is 3. The van der Waals surface area contributed by atoms with Gasteiger partial charge in [0.25, 0.3) is 5.56 Å². The summed E-state index contributed by atoms with van der Waals surface area (Å²) >= 11 is 1.31. The maximum Gasteiger partial charge on any atom is 0.271 e. The second-order valence-electron chi connectivity index (χ2n) is 8.97. The van der Waals surface area contributed by atoms with E-state index in [0.717, 1.165) is 5.01 Å². The third-order valence-electron chi connectivity index (χ3n) is 6.44. The molecule has 0 unspecified atom stereocenters. The van der Waals surface area contributed by atoms with Crippen LogP contribution in [0.4, 0.5) is 15.8 Å². The molecule has 0 aliphatic carbocycles. The molecule has 0 aliphatic heterocycles. The Kier molecular flexibility index (Phi) is 7.26. The summed E-state index contributed by atoms with van der Waals surface area (Å²) < 4.78 is 41.1. The molecule has 204 valence electrons. The number of para-hydroxylation sites is 1. The molecule has 5 aromatic rings. The number of aromatic nitrogens is 3. The van der Waals surface area contributed by atoms with Crippen LogP contribution >= 0.6 is 11.3 Å². The average molecular weight is 577 g/mol. The lowest BCUT2D eigenvalue weighted by atomic mass is 10.1. The fraction of sp³-hybridized carbons (Fsp3) is 0.138. The van der Waals surface area contributed by atoms with Crippen LogP contribution in [0.2, 0.25) is 0 Å². The van der Waals surface area contributed by atoms with Gasteiger partial charge in [-0.25, -0.2) is 18.4 Å². The molecule has 0 amide bonds. The fourth-order valence-electron chi connectivity index (χ4n) is 4.58. The molecule has 0 spiro atoms. The first-order valence-electron chi connectivity index (χ1n) is 12.3. The molecule has 2 N–H and O–H groups in total. The number of thiazole rings is 1. The molecule has 5 rings (SSSR count). The van der Waals surface area contributed by atoms with Crippen molar-refractivity contribution in [2.75, 3.05) is 11.4 Å². The molecular weight excluding hydrogens is 551 g/mol. The number of pyridine rings is 2. The predicted molar refractivity (Wildman–Crippen MR) is 154 cm³/mol. The predicted octanol–water partition coefficient (Wildman–Crippen LogP) is 6.01. The molecule has 0 bridgehead atoms. The van der Waals surface area contributed by atoms with Crippen molar-refractivity contribution in [3.63, 3.8) is 0 Å². The van der Waals surface area contributed by atoms with Gasteiger partial charge in [-0.1, -0.05) is 30.3 Å². The normalized spacial score (nSPS) is 11.5. The molecule has 3 heterocycles. The third-order valence-corrected chi connectivity index (χ3v) is 9.18. The van der Waals surface area contributed by atoms with Crippen LogP contribution in [0.3, 0.4) is 0 Å². The van der Waals surface area contributed by atoms with E-state index in [0.29, 0.717) is 33.9 Å². The second-order valence-corrected chi connectivity index (χ2v) is 12.1. The van der Waals surface area contributed by atoms with Gasteiger partial charge >= 0.3 is 0 Å². The first-order chi connectivity index (χ1) is 19.1. The number of hydrogen-bond donors (Lipinski definition) is 2. The number of halogens is 1. The van der Waals surface area contributed by atoms with Crippen LogP contribution < -0.4 is 10.5 Å². The summed E-state index contributed by atoms with van der Waals surface area (Å²) in [7, 11) is -4.46. The Morgan fingerprint density at radius 1 is 1.02 bits per heavy atom. The number of anilines is 2. The Morgan fingerprint density at radius 3 is 2.33 bits per heavy atom. The lowest BCUT2D eigenvalue weighted by Gasteiger charge is -2.27. The van der Waals surface area contributed by atoms with Crippen molar-refractivity contribution < 1.29 is 17.9 Å². The van der Waals surface area contributed by atoms with E-state index in [4.69, 9.17) is 0 Å². The van der Waals surface area contributed by atoms with Gasteiger partial charge in [0.2, 0.25) is 15.8 Å². The Balaban J connectivity index is 1.68. The van der Waals surface area contributed by atoms with E-state index in [1.807, 2.05) is 44.2 Å². The van der Waals surface area contributed by atoms with E-state index in [2.05, 4.69) is 15.0 Å². The van der Waals surface area contributed by atoms with E-state index >= 15 is 0 Å². The van der Waals surface area contributed by atoms with Gasteiger partial charge in [0.1, 0.15) is 5.69 Å². The zero-order chi connectivity index (χ0) is 28.6. The number of sulfone groups is 1. The Morgan fingerprint density at radius 2 is 1.73 bits per heavy atom. The summed E-state index contributed by atoms with van der Waals surface area (Å²) in [4.78, 5) is 25.5. The van der Waals surface area contributed by atoms with Gasteiger partial charge in [-0.3, -0.25) is 4.79 Å². The minimum atomic E-state index is -4.46. The highest BCUT2D eigenvalue weighted by Crippen LogP contribution is 2.44. The van der Waals surface area contributed by atoms with E-state index < -0.39 is 32.0 Å². The quantitative estimate of drug-likeness (QED) is 0.228. The first-order valence-corrected chi connectivity index (χ1v) is 14.6. The minimum absolute atomic E-state index is 0.153. The van der Waals surface area contributed by atoms with E-state index in [-0.39, 0.29) is 16.3 Å². The van der Waals surface area contributed by atoms with Gasteiger partial charge < -0.3 is 15.0 Å². The monoisotopic (exact) mass is 576 g/mol. The van der Waals surface area contributed by atoms with Crippen LogP contribution in [0.15, 0.2) is 87.5 Å². The van der Waals surface area contributed by atoms with Crippen LogP contribution in [0.25, 0.3) is 21.7 Å². The Labute approximate surface area is 234 Å². The van der Waals surface area contributed by atoms with Crippen molar-refractivity contribution in [1.29, 1.82) is 0 Å². The number of aryl methyl sites for hydroxylation is 2. The molecule has 2 aromatic carbocycles. The number of nitrogens with one attached hydrogen (secondary N) is 1. The van der Waals surface area contributed by atoms with E-state index in [1.165, 1.54) is 29.5 Å². The molecule has 0 atom stereocenters. The highest BCUT2D eigenvalue weighted by molar-refractivity contribution is 7.91. The van der Waals surface area contributed by atoms with Crippen LogP contribution in [0.1, 0.15) is 17.6 Å². The summed E-state index contributed by atoms with van der Waals surface area (Å²) in [5, 5.41) is 12.3. The van der Waals surface area contributed by atoms with Crippen LogP contribution in [0.5, 0.6) is 5.75 Å². The summed E-state index contributed by atoms with van der Waals surface area (Å²) in [5.41, 5.74) is 1.88. The van der Waals surface area contributed by atoms with Crippen molar-refractivity contribution in [2.24, 2.45) is 0 Å². The van der Waals surface area contributed by atoms with Gasteiger partial charge in [0, 0.05) is 29.7 Å². The number of aromatic amines is 1. The summed E-state index contributed by atoms with van der Waals surface area (Å²) in [6.07, 6.45) is 1.58. The van der Waals surface area contributed by atoms with Crippen molar-refractivity contribution in [3.05, 3.63) is 99.9 Å². The number of H-pyrrole nitrogens is 1. The fourth-order valence-corrected chi connectivity index (χ4v) is 6.73. The summed E-state index contributed by atoms with van der Waals surface area (Å²) in [5.74, 6) is -1.27. The number of rotatable bonds is 7. The van der Waals surface area contributed by atoms with Crippen LogP contribution in [-0.4, -0.2) is 35.0 Å². The first kappa shape index (κ1) is 27.2. The van der Waals surface area contributed by atoms with Gasteiger partial charge in [-0.2, -0.15) is 4.39 Å². The van der Waals surface area contributed by atoms with Crippen LogP contribution in [-0.2, 0) is 9.84 Å². The molecule has 0 aliphatic rings. The average Bonchev–Trinajstić information content (AvgIpc) is 3.37. The van der Waals surface area contributed by atoms with Gasteiger partial charge in [-0.05, 0) is 62.7 Å². The van der Waals surface area contributed by atoms with Crippen molar-refractivity contribution >= 4 is 32.5 Å². The van der Waals surface area contributed by atoms with Gasteiger partial charge in [-0.15, -0.1) is 11.3 Å². The molecule has 3 aromatic heterocycles. The number of hydrogen-bond acceptors (Lipinski definition) is 8. The van der Waals surface area contributed by atoms with Crippen LogP contribution in [0, 0.1) is 19.8 Å². The lowest BCUT2D eigenvalue weighted by molar-refractivity contribution is 0.456. The maximum absolute atomic E-state index is 13.8. The molecule has 0 saturated carbocycles. The SMILES string of the molecule is CCN(c1ccccc1)c1c(-c2cnc(C)s2)[nH]c(=O)c(S(=O)(=O)c2ccc(-c3ccc(F)nc3C)cc2)c1O. The smallest absolute Gasteiger partial charge is 0.271 e. The van der Waals surface area contributed by atoms with E-state index in [9.17, 15) is 22.7 Å². The molecule has 40 heavy (non-hydrogen) atoms. The highest BCUT2D eigenvalue weighted by atomic mass is 32.2. The molecule has 0 saturated heterocycles. The van der Waals surface area contributed by atoms with Crippen molar-refractivity contribution in [3.8, 4) is 27.4 Å². The summed E-state index contributed by atoms with van der Waals surface area (Å²) in [6.45, 7) is 5.69. The molecule has 11 heteroatoms. The topological polar surface area (TPSA) is 116 Å². The highest BCUT2D eigenvalue weighted by Gasteiger charge is 2.32. The maximum atomic E-state index is 13.8. The molecule has 0 fully saturated rings. The number of benzene rings is 2. The molecule has 8 nitrogen and oxygen atoms in total. The minimum Gasteiger partial charge on any atom is -0.504 e. The molecule has 0 radical (unpaired) electrons. The van der Waals surface area contributed by atoms with E-state index in [1.54, 1.807) is 36.2 Å². The Bertz CT molecular complexity index is 1870. The zero-order valence-corrected chi connectivity index (χ0v) is 23.5. The largest absolute Gasteiger partial charge is 0.504 e. The van der Waals surface area contributed by atoms with Gasteiger partial charge in [0.05, 0.1) is 20.5 Å². The summed E-state index contributed by atoms with van der Waals surface area (Å²) in [6, 6.07) is 17.8. The van der Waals surface area contributed by atoms with Gasteiger partial charge in [0.15, 0.2) is 10.6 Å². The number of aromatic hydroxyl groups is 1. The van der Waals surface area contributed by atoms with Crippen molar-refractivity contribution in [2.45, 2.75) is 30.6 Å². The molecular formula is C29H25FN4O4S2. The standard InChI is InChI=1S/C29H25FN4O4S2/c1-4-34(20-8-6-5-7-9-20)26-25(23-16-31-18(3)39-23)33-29(36)28(27(26)35)40(37,38)21-12-10-19(11-13-21)22-14-15-24(30)32-17(22)2/h5-16H,4H2,1-3H3,(H2,33,35,36). The Hall–Kier alpha value is -4.35. The lowest BCUT2D eigenvalue weighted by Crippen LogP contribution is -2.24. The van der Waals surface area contributed by atoms with Crippen molar-refractivity contribution in [1.82, 2.24) is 15.0 Å².